The van der Waals surface area contributed by atoms with Gasteiger partial charge in [-0.3, -0.25) is 4.79 Å². The second-order valence-corrected chi connectivity index (χ2v) is 4.98. The lowest BCUT2D eigenvalue weighted by molar-refractivity contribution is -0.127. The standard InChI is InChI=1S/C11H22ClNO2/c1-5-15-8-10(14)13-9(6-7-12)11(2,3)4/h9H,5-8H2,1-4H3,(H,13,14). The normalized spacial score (nSPS) is 13.7. The molecule has 0 bridgehead atoms. The molecule has 3 nitrogen and oxygen atoms in total. The van der Waals surface area contributed by atoms with E-state index in [0.29, 0.717) is 12.5 Å². The molecule has 15 heavy (non-hydrogen) atoms. The predicted molar refractivity (Wildman–Crippen MR) is 63.2 cm³/mol. The van der Waals surface area contributed by atoms with Crippen molar-refractivity contribution in [1.29, 1.82) is 0 Å². The average Bonchev–Trinajstić information content (AvgIpc) is 2.12. The van der Waals surface area contributed by atoms with Crippen LogP contribution in [0.1, 0.15) is 34.1 Å². The Morgan fingerprint density at radius 2 is 2.07 bits per heavy atom. The van der Waals surface area contributed by atoms with Crippen LogP contribution in [0.5, 0.6) is 0 Å². The summed E-state index contributed by atoms with van der Waals surface area (Å²) in [5.41, 5.74) is 0.0246. The molecule has 0 fully saturated rings. The van der Waals surface area contributed by atoms with E-state index in [2.05, 4.69) is 26.1 Å². The number of amides is 1. The van der Waals surface area contributed by atoms with E-state index < -0.39 is 0 Å². The summed E-state index contributed by atoms with van der Waals surface area (Å²) in [7, 11) is 0. The van der Waals surface area contributed by atoms with Crippen LogP contribution in [0.2, 0.25) is 0 Å². The van der Waals surface area contributed by atoms with Crippen LogP contribution in [0.4, 0.5) is 0 Å². The van der Waals surface area contributed by atoms with E-state index in [1.807, 2.05) is 6.92 Å². The van der Waals surface area contributed by atoms with E-state index >= 15 is 0 Å². The van der Waals surface area contributed by atoms with Crippen LogP contribution in [0.3, 0.4) is 0 Å². The van der Waals surface area contributed by atoms with E-state index in [0.717, 1.165) is 6.42 Å². The molecule has 0 aliphatic rings. The number of carbonyl (C=O) groups is 1. The predicted octanol–water partition coefficient (Wildman–Crippen LogP) is 2.18. The first-order valence-electron chi connectivity index (χ1n) is 5.34. The molecule has 4 heteroatoms. The summed E-state index contributed by atoms with van der Waals surface area (Å²) in [6.07, 6.45) is 0.781. The van der Waals surface area contributed by atoms with Crippen LogP contribution in [0.15, 0.2) is 0 Å². The molecule has 0 aromatic carbocycles. The van der Waals surface area contributed by atoms with Gasteiger partial charge in [-0.2, -0.15) is 0 Å². The van der Waals surface area contributed by atoms with E-state index in [1.165, 1.54) is 0 Å². The molecule has 0 aliphatic heterocycles. The minimum Gasteiger partial charge on any atom is -0.372 e. The minimum atomic E-state index is -0.0677. The van der Waals surface area contributed by atoms with Gasteiger partial charge >= 0.3 is 0 Å². The smallest absolute Gasteiger partial charge is 0.246 e. The third kappa shape index (κ3) is 6.74. The average molecular weight is 236 g/mol. The molecular formula is C11H22ClNO2. The van der Waals surface area contributed by atoms with Crippen molar-refractivity contribution in [2.45, 2.75) is 40.2 Å². The summed E-state index contributed by atoms with van der Waals surface area (Å²) in [6, 6.07) is 0.1000. The van der Waals surface area contributed by atoms with Crippen LogP contribution < -0.4 is 5.32 Å². The molecule has 1 N–H and O–H groups in total. The zero-order valence-electron chi connectivity index (χ0n) is 10.1. The molecule has 1 amide bonds. The van der Waals surface area contributed by atoms with Crippen molar-refractivity contribution in [2.75, 3.05) is 19.1 Å². The van der Waals surface area contributed by atoms with Gasteiger partial charge in [0, 0.05) is 18.5 Å². The molecule has 90 valence electrons. The molecule has 1 unspecified atom stereocenters. The lowest BCUT2D eigenvalue weighted by Crippen LogP contribution is -2.45. The number of hydrogen-bond acceptors (Lipinski definition) is 2. The Morgan fingerprint density at radius 3 is 2.47 bits per heavy atom. The van der Waals surface area contributed by atoms with Gasteiger partial charge < -0.3 is 10.1 Å². The second-order valence-electron chi connectivity index (χ2n) is 4.60. The Balaban J connectivity index is 4.11. The second kappa shape index (κ2) is 7.07. The molecule has 0 aromatic rings. The minimum absolute atomic E-state index is 0.0246. The third-order valence-corrected chi connectivity index (χ3v) is 2.43. The Labute approximate surface area is 97.5 Å². The Hall–Kier alpha value is -0.280. The van der Waals surface area contributed by atoms with Gasteiger partial charge in [0.2, 0.25) is 5.91 Å². The van der Waals surface area contributed by atoms with E-state index in [1.54, 1.807) is 0 Å². The Morgan fingerprint density at radius 1 is 1.47 bits per heavy atom. The maximum absolute atomic E-state index is 11.5. The van der Waals surface area contributed by atoms with Crippen LogP contribution in [-0.2, 0) is 9.53 Å². The first-order valence-corrected chi connectivity index (χ1v) is 5.88. The largest absolute Gasteiger partial charge is 0.372 e. The van der Waals surface area contributed by atoms with Crippen molar-refractivity contribution in [1.82, 2.24) is 5.32 Å². The molecule has 0 spiro atoms. The highest BCUT2D eigenvalue weighted by Crippen LogP contribution is 2.22. The van der Waals surface area contributed by atoms with Crippen molar-refractivity contribution in [3.63, 3.8) is 0 Å². The first kappa shape index (κ1) is 14.7. The van der Waals surface area contributed by atoms with Gasteiger partial charge in [-0.25, -0.2) is 0 Å². The Kier molecular flexibility index (Phi) is 6.94. The van der Waals surface area contributed by atoms with E-state index in [4.69, 9.17) is 16.3 Å². The number of hydrogen-bond donors (Lipinski definition) is 1. The lowest BCUT2D eigenvalue weighted by atomic mass is 9.85. The van der Waals surface area contributed by atoms with Gasteiger partial charge in [0.05, 0.1) is 0 Å². The van der Waals surface area contributed by atoms with Crippen LogP contribution in [0, 0.1) is 5.41 Å². The molecule has 0 saturated heterocycles. The van der Waals surface area contributed by atoms with Crippen molar-refractivity contribution in [2.24, 2.45) is 5.41 Å². The summed E-state index contributed by atoms with van der Waals surface area (Å²) < 4.78 is 5.04. The van der Waals surface area contributed by atoms with Crippen molar-refractivity contribution < 1.29 is 9.53 Å². The highest BCUT2D eigenvalue weighted by Gasteiger charge is 2.25. The number of nitrogens with one attached hydrogen (secondary N) is 1. The quantitative estimate of drug-likeness (QED) is 0.717. The fourth-order valence-electron chi connectivity index (χ4n) is 1.26. The topological polar surface area (TPSA) is 38.3 Å². The molecule has 0 saturated carbocycles. The SMILES string of the molecule is CCOCC(=O)NC(CCCl)C(C)(C)C. The van der Waals surface area contributed by atoms with Gasteiger partial charge in [-0.1, -0.05) is 20.8 Å². The number of halogens is 1. The maximum Gasteiger partial charge on any atom is 0.246 e. The van der Waals surface area contributed by atoms with Gasteiger partial charge in [0.1, 0.15) is 6.61 Å². The lowest BCUT2D eigenvalue weighted by Gasteiger charge is -2.31. The zero-order chi connectivity index (χ0) is 11.9. The summed E-state index contributed by atoms with van der Waals surface area (Å²) in [6.45, 7) is 8.82. The number of alkyl halides is 1. The molecule has 0 aliphatic carbocycles. The maximum atomic E-state index is 11.5. The number of rotatable bonds is 6. The zero-order valence-corrected chi connectivity index (χ0v) is 10.9. The first-order chi connectivity index (χ1) is 6.91. The van der Waals surface area contributed by atoms with Crippen LogP contribution in [0.25, 0.3) is 0 Å². The molecule has 0 rings (SSSR count). The highest BCUT2D eigenvalue weighted by atomic mass is 35.5. The van der Waals surface area contributed by atoms with Gasteiger partial charge in [0.15, 0.2) is 0 Å². The van der Waals surface area contributed by atoms with Crippen molar-refractivity contribution >= 4 is 17.5 Å². The highest BCUT2D eigenvalue weighted by molar-refractivity contribution is 6.17. The van der Waals surface area contributed by atoms with Crippen molar-refractivity contribution in [3.8, 4) is 0 Å². The fourth-order valence-corrected chi connectivity index (χ4v) is 1.48. The third-order valence-electron chi connectivity index (χ3n) is 2.22. The fraction of sp³-hybridized carbons (Fsp3) is 0.909. The van der Waals surface area contributed by atoms with Crippen molar-refractivity contribution in [3.05, 3.63) is 0 Å². The van der Waals surface area contributed by atoms with E-state index in [9.17, 15) is 4.79 Å². The van der Waals surface area contributed by atoms with Gasteiger partial charge in [0.25, 0.3) is 0 Å². The molecule has 1 atom stereocenters. The molecule has 0 aromatic heterocycles. The summed E-state index contributed by atoms with van der Waals surface area (Å²) in [5, 5.41) is 2.94. The van der Waals surface area contributed by atoms with Crippen LogP contribution in [-0.4, -0.2) is 31.0 Å². The monoisotopic (exact) mass is 235 g/mol. The molecule has 0 radical (unpaired) electrons. The van der Waals surface area contributed by atoms with Gasteiger partial charge in [-0.15, -0.1) is 11.6 Å². The Bertz CT molecular complexity index is 190. The number of ether oxygens (including phenoxy) is 1. The van der Waals surface area contributed by atoms with Gasteiger partial charge in [-0.05, 0) is 18.8 Å². The van der Waals surface area contributed by atoms with E-state index in [-0.39, 0.29) is 24.0 Å². The summed E-state index contributed by atoms with van der Waals surface area (Å²) in [5.74, 6) is 0.485. The summed E-state index contributed by atoms with van der Waals surface area (Å²) >= 11 is 5.71. The molecule has 0 heterocycles. The number of carbonyl (C=O) groups excluding carboxylic acids is 1. The van der Waals surface area contributed by atoms with Crippen LogP contribution >= 0.6 is 11.6 Å². The molecular weight excluding hydrogens is 214 g/mol. The summed E-state index contributed by atoms with van der Waals surface area (Å²) in [4.78, 5) is 11.5.